The maximum absolute atomic E-state index is 12.6. The van der Waals surface area contributed by atoms with Crippen molar-refractivity contribution in [1.29, 1.82) is 0 Å². The third-order valence-electron chi connectivity index (χ3n) is 8.78. The zero-order valence-corrected chi connectivity index (χ0v) is 32.8. The maximum atomic E-state index is 12.6. The molecular weight excluding hydrogens is 656 g/mol. The summed E-state index contributed by atoms with van der Waals surface area (Å²) in [7, 11) is 0. The molecule has 2 atom stereocenters. The highest BCUT2D eigenvalue weighted by Gasteiger charge is 2.18. The van der Waals surface area contributed by atoms with E-state index in [1.54, 1.807) is 0 Å². The lowest BCUT2D eigenvalue weighted by molar-refractivity contribution is -0.147. The first-order chi connectivity index (χ1) is 25.3. The highest BCUT2D eigenvalue weighted by Crippen LogP contribution is 2.15. The minimum absolute atomic E-state index is 0.132. The van der Waals surface area contributed by atoms with Gasteiger partial charge in [-0.1, -0.05) is 133 Å². The predicted molar refractivity (Wildman–Crippen MR) is 213 cm³/mol. The van der Waals surface area contributed by atoms with Gasteiger partial charge in [-0.15, -0.1) is 0 Å². The number of carboxylic acid groups (broad SMARTS) is 1. The molecule has 298 valence electrons. The van der Waals surface area contributed by atoms with E-state index in [1.165, 1.54) is 57.8 Å². The van der Waals surface area contributed by atoms with Crippen LogP contribution in [0.15, 0.2) is 48.6 Å². The molecule has 0 spiro atoms. The summed E-state index contributed by atoms with van der Waals surface area (Å²) in [6.45, 7) is 3.35. The highest BCUT2D eigenvalue weighted by atomic mass is 16.5. The lowest BCUT2D eigenvalue weighted by Crippen LogP contribution is -2.47. The smallest absolute Gasteiger partial charge is 0.328 e. The van der Waals surface area contributed by atoms with E-state index in [4.69, 9.17) is 14.9 Å². The molecule has 0 bridgehead atoms. The summed E-state index contributed by atoms with van der Waals surface area (Å²) in [5.41, 5.74) is 0. The predicted octanol–water partition coefficient (Wildman–Crippen LogP) is 9.59. The number of hydrogen-bond donors (Lipinski definition) is 4. The monoisotopic (exact) mass is 731 g/mol. The Morgan fingerprint density at radius 2 is 1.12 bits per heavy atom. The summed E-state index contributed by atoms with van der Waals surface area (Å²) >= 11 is 0. The molecule has 0 saturated heterocycles. The largest absolute Gasteiger partial charge is 0.480 e. The van der Waals surface area contributed by atoms with E-state index in [2.05, 4.69) is 67.0 Å². The molecule has 0 aromatic rings. The van der Waals surface area contributed by atoms with Crippen molar-refractivity contribution in [2.75, 3.05) is 13.2 Å². The second kappa shape index (κ2) is 37.6. The Morgan fingerprint density at radius 1 is 0.596 bits per heavy atom. The molecule has 0 saturated carbocycles. The number of rotatable bonds is 36. The number of aliphatic carboxylic acids is 1. The van der Waals surface area contributed by atoms with Crippen LogP contribution in [0, 0.1) is 0 Å². The van der Waals surface area contributed by atoms with Crippen LogP contribution in [-0.4, -0.2) is 59.3 Å². The van der Waals surface area contributed by atoms with Crippen LogP contribution in [0.4, 0.5) is 0 Å². The Bertz CT molecular complexity index is 1020. The number of nitrogens with one attached hydrogen (secondary N) is 2. The number of amides is 2. The van der Waals surface area contributed by atoms with Gasteiger partial charge in [0.05, 0.1) is 13.2 Å². The molecule has 0 aliphatic rings. The minimum Gasteiger partial charge on any atom is -0.480 e. The van der Waals surface area contributed by atoms with E-state index in [-0.39, 0.29) is 30.9 Å². The molecule has 2 unspecified atom stereocenters. The summed E-state index contributed by atoms with van der Waals surface area (Å²) in [4.78, 5) is 47.2. The van der Waals surface area contributed by atoms with Crippen molar-refractivity contribution in [3.63, 3.8) is 0 Å². The van der Waals surface area contributed by atoms with Gasteiger partial charge in [0.1, 0.15) is 12.1 Å². The van der Waals surface area contributed by atoms with Crippen LogP contribution in [-0.2, 0) is 23.9 Å². The molecule has 52 heavy (non-hydrogen) atoms. The van der Waals surface area contributed by atoms with Crippen molar-refractivity contribution >= 4 is 23.8 Å². The molecule has 9 heteroatoms. The van der Waals surface area contributed by atoms with E-state index in [9.17, 15) is 19.2 Å². The summed E-state index contributed by atoms with van der Waals surface area (Å²) in [6.07, 6.45) is 43.3. The Morgan fingerprint density at radius 3 is 1.71 bits per heavy atom. The minimum atomic E-state index is -1.39. The van der Waals surface area contributed by atoms with E-state index in [0.29, 0.717) is 12.8 Å². The number of carboxylic acids is 1. The van der Waals surface area contributed by atoms with Crippen molar-refractivity contribution in [3.8, 4) is 0 Å². The number of aliphatic hydroxyl groups is 1. The lowest BCUT2D eigenvalue weighted by atomic mass is 10.1. The van der Waals surface area contributed by atoms with Gasteiger partial charge >= 0.3 is 11.9 Å². The van der Waals surface area contributed by atoms with Crippen LogP contribution in [0.2, 0.25) is 0 Å². The third-order valence-corrected chi connectivity index (χ3v) is 8.78. The fraction of sp³-hybridized carbons (Fsp3) is 0.721. The highest BCUT2D eigenvalue weighted by molar-refractivity contribution is 5.87. The first-order valence-corrected chi connectivity index (χ1v) is 20.5. The normalized spacial score (nSPS) is 13.0. The fourth-order valence-corrected chi connectivity index (χ4v) is 5.56. The fourth-order valence-electron chi connectivity index (χ4n) is 5.56. The van der Waals surface area contributed by atoms with Gasteiger partial charge in [0, 0.05) is 12.8 Å². The molecule has 0 aliphatic heterocycles. The zero-order valence-electron chi connectivity index (χ0n) is 32.8. The standard InChI is InChI=1S/C43H74N2O7/c1-3-5-7-9-10-11-12-13-14-15-16-17-18-19-20-21-22-23-24-25-31-35-42(49)52-38(32-28-8-6-4-2)33-29-26-27-30-34-40(47)44-36-41(48)45-39(37-46)43(50)51/h12-13,15-16,18-19,28,32,38-39,46H,3-11,14,17,20-27,29-31,33-37H2,1-2H3,(H,44,47)(H,45,48)(H,50,51)/b13-12-,16-15-,19-18-,32-28-. The summed E-state index contributed by atoms with van der Waals surface area (Å²) in [6, 6.07) is -1.39. The van der Waals surface area contributed by atoms with Gasteiger partial charge in [-0.2, -0.15) is 0 Å². The van der Waals surface area contributed by atoms with E-state index in [1.807, 2.05) is 6.08 Å². The van der Waals surface area contributed by atoms with Crippen LogP contribution in [0.5, 0.6) is 0 Å². The van der Waals surface area contributed by atoms with Gasteiger partial charge < -0.3 is 25.6 Å². The second-order valence-corrected chi connectivity index (χ2v) is 13.7. The zero-order chi connectivity index (χ0) is 38.3. The summed E-state index contributed by atoms with van der Waals surface area (Å²) in [5, 5.41) is 22.4. The lowest BCUT2D eigenvalue weighted by Gasteiger charge is -2.15. The molecule has 0 aromatic heterocycles. The van der Waals surface area contributed by atoms with Crippen LogP contribution in [0.25, 0.3) is 0 Å². The van der Waals surface area contributed by atoms with Gasteiger partial charge in [-0.3, -0.25) is 14.4 Å². The molecule has 2 amide bonds. The van der Waals surface area contributed by atoms with Crippen LogP contribution in [0.3, 0.4) is 0 Å². The van der Waals surface area contributed by atoms with Gasteiger partial charge in [0.25, 0.3) is 0 Å². The molecule has 0 aromatic carbocycles. The summed E-state index contributed by atoms with van der Waals surface area (Å²) in [5.74, 6) is -2.43. The molecule has 4 N–H and O–H groups in total. The number of ether oxygens (including phenoxy) is 1. The van der Waals surface area contributed by atoms with Crippen molar-refractivity contribution in [2.24, 2.45) is 0 Å². The number of hydrogen-bond acceptors (Lipinski definition) is 6. The van der Waals surface area contributed by atoms with E-state index in [0.717, 1.165) is 83.5 Å². The van der Waals surface area contributed by atoms with Gasteiger partial charge in [-0.25, -0.2) is 4.79 Å². The first-order valence-electron chi connectivity index (χ1n) is 20.5. The number of carbonyl (C=O) groups excluding carboxylic acids is 3. The number of allylic oxidation sites excluding steroid dienone is 7. The number of carbonyl (C=O) groups is 4. The van der Waals surface area contributed by atoms with Crippen LogP contribution < -0.4 is 10.6 Å². The van der Waals surface area contributed by atoms with Gasteiger partial charge in [0.15, 0.2) is 0 Å². The average Bonchev–Trinajstić information content (AvgIpc) is 3.13. The van der Waals surface area contributed by atoms with Gasteiger partial charge in [-0.05, 0) is 76.7 Å². The number of esters is 1. The average molecular weight is 731 g/mol. The molecule has 0 heterocycles. The first kappa shape index (κ1) is 48.8. The van der Waals surface area contributed by atoms with Crippen LogP contribution in [0.1, 0.15) is 174 Å². The topological polar surface area (TPSA) is 142 Å². The van der Waals surface area contributed by atoms with Crippen molar-refractivity contribution in [3.05, 3.63) is 48.6 Å². The Hall–Kier alpha value is -3.20. The summed E-state index contributed by atoms with van der Waals surface area (Å²) < 4.78 is 5.83. The molecular formula is C43H74N2O7. The second-order valence-electron chi connectivity index (χ2n) is 13.7. The molecule has 0 aliphatic carbocycles. The van der Waals surface area contributed by atoms with Crippen molar-refractivity contribution in [1.82, 2.24) is 10.6 Å². The molecule has 0 radical (unpaired) electrons. The maximum Gasteiger partial charge on any atom is 0.328 e. The number of aliphatic hydroxyl groups excluding tert-OH is 1. The molecule has 9 nitrogen and oxygen atoms in total. The van der Waals surface area contributed by atoms with Crippen LogP contribution >= 0.6 is 0 Å². The van der Waals surface area contributed by atoms with E-state index < -0.39 is 24.5 Å². The Balaban J connectivity index is 4.02. The quantitative estimate of drug-likeness (QED) is 0.0286. The third kappa shape index (κ3) is 33.9. The Kier molecular flexibility index (Phi) is 35.2. The molecule has 0 fully saturated rings. The SMILES string of the molecule is CCCC/C=C\C(CCCCCCC(=O)NCC(=O)NC(CO)C(=O)O)OC(=O)CCCCCCCC/C=C\C/C=C\C/C=C\CCCCCCC. The number of unbranched alkanes of at least 4 members (excludes halogenated alkanes) is 16. The van der Waals surface area contributed by atoms with E-state index >= 15 is 0 Å². The van der Waals surface area contributed by atoms with Crippen molar-refractivity contribution in [2.45, 2.75) is 187 Å². The Labute approximate surface area is 316 Å². The van der Waals surface area contributed by atoms with Gasteiger partial charge in [0.2, 0.25) is 11.8 Å². The molecule has 0 rings (SSSR count). The van der Waals surface area contributed by atoms with Crippen molar-refractivity contribution < 1.29 is 34.1 Å².